The zero-order valence-corrected chi connectivity index (χ0v) is 10.3. The van der Waals surface area contributed by atoms with Gasteiger partial charge in [0.2, 0.25) is 6.10 Å². The largest absolute Gasteiger partial charge is 0.477 e. The van der Waals surface area contributed by atoms with Crippen molar-refractivity contribution in [1.82, 2.24) is 4.90 Å². The van der Waals surface area contributed by atoms with E-state index in [0.29, 0.717) is 18.3 Å². The van der Waals surface area contributed by atoms with Gasteiger partial charge in [-0.15, -0.1) is 0 Å². The smallest absolute Gasteiger partial charge is 0.353 e. The Bertz CT molecular complexity index is 371. The molecule has 2 atom stereocenters. The number of carbonyl (C=O) groups excluding carboxylic acids is 1. The molecule has 0 bridgehead atoms. The van der Waals surface area contributed by atoms with E-state index in [1.165, 1.54) is 0 Å². The van der Waals surface area contributed by atoms with E-state index in [0.717, 1.165) is 5.75 Å². The lowest BCUT2D eigenvalue weighted by Crippen LogP contribution is -2.46. The molecule has 17 heavy (non-hydrogen) atoms. The van der Waals surface area contributed by atoms with E-state index in [4.69, 9.17) is 9.94 Å². The average Bonchev–Trinajstić information content (AvgIpc) is 2.77. The minimum atomic E-state index is -1.12. The van der Waals surface area contributed by atoms with E-state index in [1.807, 2.05) is 11.8 Å². The van der Waals surface area contributed by atoms with Crippen LogP contribution in [0, 0.1) is 0 Å². The summed E-state index contributed by atoms with van der Waals surface area (Å²) in [6.07, 6.45) is -0.692. The molecule has 2 aliphatic rings. The zero-order valence-electron chi connectivity index (χ0n) is 9.46. The molecule has 0 aromatic rings. The number of amides is 1. The van der Waals surface area contributed by atoms with Crippen LogP contribution in [0.15, 0.2) is 5.16 Å². The van der Waals surface area contributed by atoms with Gasteiger partial charge < -0.3 is 14.8 Å². The maximum Gasteiger partial charge on any atom is 0.353 e. The second kappa shape index (κ2) is 4.95. The lowest BCUT2D eigenvalue weighted by atomic mass is 10.1. The van der Waals surface area contributed by atoms with E-state index in [1.54, 1.807) is 4.90 Å². The Morgan fingerprint density at radius 3 is 2.94 bits per heavy atom. The van der Waals surface area contributed by atoms with Gasteiger partial charge >= 0.3 is 5.97 Å². The number of carboxylic acids is 1. The van der Waals surface area contributed by atoms with Gasteiger partial charge in [-0.2, -0.15) is 11.8 Å². The summed E-state index contributed by atoms with van der Waals surface area (Å²) >= 11 is 1.83. The molecular weight excluding hydrogens is 244 g/mol. The first-order valence-corrected chi connectivity index (χ1v) is 6.49. The molecule has 2 heterocycles. The summed E-state index contributed by atoms with van der Waals surface area (Å²) in [5.41, 5.74) is -0.0808. The molecule has 2 unspecified atom stereocenters. The van der Waals surface area contributed by atoms with Crippen LogP contribution < -0.4 is 0 Å². The van der Waals surface area contributed by atoms with Gasteiger partial charge in [-0.05, 0) is 0 Å². The molecule has 94 valence electrons. The van der Waals surface area contributed by atoms with Gasteiger partial charge in [-0.25, -0.2) is 4.79 Å². The number of thioether (sulfide) groups is 1. The summed E-state index contributed by atoms with van der Waals surface area (Å²) in [5.74, 6) is -0.369. The summed E-state index contributed by atoms with van der Waals surface area (Å²) in [6.45, 7) is 3.45. The standard InChI is InChI=1S/C10H14N2O4S/c1-6-5-12(2-3-17-6)9(13)8-4-7(10(14)15)11-16-8/h6,8H,2-5H2,1H3,(H,14,15). The first kappa shape index (κ1) is 12.2. The Morgan fingerprint density at radius 1 is 1.59 bits per heavy atom. The molecule has 1 saturated heterocycles. The van der Waals surface area contributed by atoms with Crippen LogP contribution in [0.4, 0.5) is 0 Å². The number of carboxylic acid groups (broad SMARTS) is 1. The third kappa shape index (κ3) is 2.71. The minimum Gasteiger partial charge on any atom is -0.477 e. The maximum absolute atomic E-state index is 12.0. The molecule has 0 aliphatic carbocycles. The van der Waals surface area contributed by atoms with Gasteiger partial charge in [0, 0.05) is 30.5 Å². The van der Waals surface area contributed by atoms with Crippen molar-refractivity contribution in [2.24, 2.45) is 5.16 Å². The molecule has 0 radical (unpaired) electrons. The number of hydrogen-bond donors (Lipinski definition) is 1. The predicted molar refractivity (Wildman–Crippen MR) is 63.1 cm³/mol. The van der Waals surface area contributed by atoms with Crippen LogP contribution in [0.2, 0.25) is 0 Å². The van der Waals surface area contributed by atoms with Crippen LogP contribution in [0.5, 0.6) is 0 Å². The first-order chi connectivity index (χ1) is 8.08. The lowest BCUT2D eigenvalue weighted by molar-refractivity contribution is -0.141. The number of aliphatic carboxylic acids is 1. The molecule has 1 N–H and O–H groups in total. The van der Waals surface area contributed by atoms with Gasteiger partial charge in [-0.1, -0.05) is 12.1 Å². The van der Waals surface area contributed by atoms with Gasteiger partial charge in [-0.3, -0.25) is 4.79 Å². The predicted octanol–water partition coefficient (Wildman–Crippen LogP) is 0.180. The van der Waals surface area contributed by atoms with Gasteiger partial charge in [0.05, 0.1) is 0 Å². The van der Waals surface area contributed by atoms with Crippen molar-refractivity contribution in [3.8, 4) is 0 Å². The SMILES string of the molecule is CC1CN(C(=O)C2CC(C(=O)O)=NO2)CCS1. The molecule has 2 aliphatic heterocycles. The Morgan fingerprint density at radius 2 is 2.35 bits per heavy atom. The number of oxime groups is 1. The highest BCUT2D eigenvalue weighted by Gasteiger charge is 2.35. The van der Waals surface area contributed by atoms with E-state index < -0.39 is 12.1 Å². The zero-order chi connectivity index (χ0) is 12.4. The fraction of sp³-hybridized carbons (Fsp3) is 0.700. The number of nitrogens with zero attached hydrogens (tertiary/aromatic N) is 2. The normalized spacial score (nSPS) is 28.5. The quantitative estimate of drug-likeness (QED) is 0.764. The Balaban J connectivity index is 1.92. The lowest BCUT2D eigenvalue weighted by Gasteiger charge is -2.31. The highest BCUT2D eigenvalue weighted by atomic mass is 32.2. The minimum absolute atomic E-state index is 0.0617. The van der Waals surface area contributed by atoms with Crippen LogP contribution in [0.1, 0.15) is 13.3 Å². The van der Waals surface area contributed by atoms with Crippen LogP contribution >= 0.6 is 11.8 Å². The third-order valence-electron chi connectivity index (χ3n) is 2.74. The Kier molecular flexibility index (Phi) is 3.56. The number of hydrogen-bond acceptors (Lipinski definition) is 5. The van der Waals surface area contributed by atoms with Crippen LogP contribution in [0.3, 0.4) is 0 Å². The second-order valence-corrected chi connectivity index (χ2v) is 5.65. The Hall–Kier alpha value is -1.24. The molecule has 2 rings (SSSR count). The van der Waals surface area contributed by atoms with Crippen molar-refractivity contribution in [1.29, 1.82) is 0 Å². The van der Waals surface area contributed by atoms with Gasteiger partial charge in [0.1, 0.15) is 0 Å². The molecule has 7 heteroatoms. The molecule has 1 amide bonds. The highest BCUT2D eigenvalue weighted by Crippen LogP contribution is 2.21. The van der Waals surface area contributed by atoms with E-state index in [2.05, 4.69) is 12.1 Å². The fourth-order valence-corrected chi connectivity index (χ4v) is 2.87. The topological polar surface area (TPSA) is 79.2 Å². The summed E-state index contributed by atoms with van der Waals surface area (Å²) in [7, 11) is 0. The van der Waals surface area contributed by atoms with Crippen molar-refractivity contribution < 1.29 is 19.5 Å². The number of rotatable bonds is 2. The van der Waals surface area contributed by atoms with Crippen molar-refractivity contribution in [3.05, 3.63) is 0 Å². The summed E-state index contributed by atoms with van der Waals surface area (Å²) in [6, 6.07) is 0. The van der Waals surface area contributed by atoms with Crippen LogP contribution in [-0.4, -0.2) is 57.8 Å². The van der Waals surface area contributed by atoms with Crippen LogP contribution in [-0.2, 0) is 14.4 Å². The van der Waals surface area contributed by atoms with Crippen molar-refractivity contribution in [2.75, 3.05) is 18.8 Å². The average molecular weight is 258 g/mol. The third-order valence-corrected chi connectivity index (χ3v) is 3.88. The number of carbonyl (C=O) groups is 2. The van der Waals surface area contributed by atoms with Crippen molar-refractivity contribution in [3.63, 3.8) is 0 Å². The van der Waals surface area contributed by atoms with E-state index in [9.17, 15) is 9.59 Å². The monoisotopic (exact) mass is 258 g/mol. The van der Waals surface area contributed by atoms with E-state index >= 15 is 0 Å². The second-order valence-electron chi connectivity index (χ2n) is 4.11. The molecule has 0 saturated carbocycles. The van der Waals surface area contributed by atoms with E-state index in [-0.39, 0.29) is 18.0 Å². The molecule has 0 aromatic carbocycles. The molecular formula is C10H14N2O4S. The van der Waals surface area contributed by atoms with Crippen molar-refractivity contribution >= 4 is 29.4 Å². The summed E-state index contributed by atoms with van der Waals surface area (Å²) in [5, 5.41) is 12.6. The van der Waals surface area contributed by atoms with Gasteiger partial charge in [0.15, 0.2) is 5.71 Å². The molecule has 6 nitrogen and oxygen atoms in total. The fourth-order valence-electron chi connectivity index (χ4n) is 1.86. The summed E-state index contributed by atoms with van der Waals surface area (Å²) < 4.78 is 0. The first-order valence-electron chi connectivity index (χ1n) is 5.44. The molecule has 0 aromatic heterocycles. The van der Waals surface area contributed by atoms with Gasteiger partial charge in [0.25, 0.3) is 5.91 Å². The maximum atomic E-state index is 12.0. The molecule has 1 fully saturated rings. The summed E-state index contributed by atoms with van der Waals surface area (Å²) in [4.78, 5) is 29.3. The Labute approximate surface area is 103 Å². The van der Waals surface area contributed by atoms with Crippen LogP contribution in [0.25, 0.3) is 0 Å². The molecule has 0 spiro atoms. The van der Waals surface area contributed by atoms with Crippen molar-refractivity contribution in [2.45, 2.75) is 24.7 Å². The highest BCUT2D eigenvalue weighted by molar-refractivity contribution is 7.99.